The van der Waals surface area contributed by atoms with Gasteiger partial charge in [0, 0.05) is 42.0 Å². The molecule has 1 unspecified atom stereocenters. The first-order chi connectivity index (χ1) is 15.2. The van der Waals surface area contributed by atoms with Crippen LogP contribution in [-0.2, 0) is 22.1 Å². The molecule has 3 aromatic rings. The number of aromatic nitrogens is 3. The molecule has 0 spiro atoms. The molecule has 0 radical (unpaired) electrons. The van der Waals surface area contributed by atoms with Crippen LogP contribution in [0.2, 0.25) is 0 Å². The Kier molecular flexibility index (Phi) is 12.0. The van der Waals surface area contributed by atoms with Crippen LogP contribution in [0.15, 0.2) is 64.9 Å². The van der Waals surface area contributed by atoms with Crippen molar-refractivity contribution in [2.75, 3.05) is 0 Å². The largest absolute Gasteiger partial charge is 1.00 e. The van der Waals surface area contributed by atoms with Gasteiger partial charge < -0.3 is 29.3 Å². The van der Waals surface area contributed by atoms with Crippen molar-refractivity contribution in [1.82, 2.24) is 15.1 Å². The molecule has 0 fully saturated rings. The fourth-order valence-electron chi connectivity index (χ4n) is 2.24. The van der Waals surface area contributed by atoms with Crippen LogP contribution in [0.5, 0.6) is 5.88 Å². The Bertz CT molecular complexity index is 1100. The van der Waals surface area contributed by atoms with E-state index in [0.717, 1.165) is 16.3 Å². The van der Waals surface area contributed by atoms with Gasteiger partial charge in [-0.05, 0) is 11.1 Å². The normalized spacial score (nSPS) is 12.5. The number of allylic oxidation sites excluding steroid dienone is 3. The topological polar surface area (TPSA) is 157 Å². The average molecular weight is 482 g/mol. The Hall–Kier alpha value is -2.48. The van der Waals surface area contributed by atoms with Gasteiger partial charge in [0.25, 0.3) is 0 Å². The first-order valence-electron chi connectivity index (χ1n) is 8.81. The molecular weight excluding hydrogens is 462 g/mol. The predicted molar refractivity (Wildman–Crippen MR) is 116 cm³/mol. The number of nitrogens with zero attached hydrogens (tertiary/aromatic N) is 3. The van der Waals surface area contributed by atoms with E-state index in [-0.39, 0.29) is 18.9 Å². The summed E-state index contributed by atoms with van der Waals surface area (Å²) in [6, 6.07) is 5.56. The molecule has 0 aliphatic heterocycles. The van der Waals surface area contributed by atoms with Crippen LogP contribution in [0, 0.1) is 13.7 Å². The SMILES string of the molecule is [CH-]=C/C=C(\C(=C)N)c1cc(Cc2ccc(OCc3nccs3)nc2)no1.[CH2-]OP(=O)([O-])O.[Li+]. The second-order valence-electron chi connectivity index (χ2n) is 5.97. The van der Waals surface area contributed by atoms with Crippen molar-refractivity contribution in [3.63, 3.8) is 0 Å². The van der Waals surface area contributed by atoms with Crippen molar-refractivity contribution < 1.29 is 47.0 Å². The van der Waals surface area contributed by atoms with E-state index in [9.17, 15) is 9.46 Å². The van der Waals surface area contributed by atoms with Gasteiger partial charge in [-0.25, -0.2) is 23.2 Å². The summed E-state index contributed by atoms with van der Waals surface area (Å²) in [5, 5.41) is 6.88. The first kappa shape index (κ1) is 28.6. The third-order valence-electron chi connectivity index (χ3n) is 3.61. The smallest absolute Gasteiger partial charge is 0.758 e. The van der Waals surface area contributed by atoms with E-state index in [2.05, 4.69) is 33.3 Å². The van der Waals surface area contributed by atoms with Crippen molar-refractivity contribution in [2.24, 2.45) is 5.73 Å². The molecule has 0 aliphatic rings. The molecule has 3 rings (SSSR count). The first-order valence-corrected chi connectivity index (χ1v) is 11.2. The molecular formula is C20H20LiN4O6PS-2. The zero-order valence-corrected chi connectivity index (χ0v) is 19.5. The Morgan fingerprint density at radius 1 is 1.45 bits per heavy atom. The number of rotatable bonds is 9. The Morgan fingerprint density at radius 3 is 2.70 bits per heavy atom. The van der Waals surface area contributed by atoms with E-state index < -0.39 is 7.82 Å². The number of phosphoric acid groups is 1. The molecule has 13 heteroatoms. The van der Waals surface area contributed by atoms with Gasteiger partial charge in [0.05, 0.1) is 5.69 Å². The van der Waals surface area contributed by atoms with Gasteiger partial charge >= 0.3 is 18.9 Å². The number of hydrogen-bond donors (Lipinski definition) is 2. The number of nitrogens with two attached hydrogens (primary N) is 1. The monoisotopic (exact) mass is 482 g/mol. The predicted octanol–water partition coefficient (Wildman–Crippen LogP) is -0.200. The maximum absolute atomic E-state index is 9.30. The van der Waals surface area contributed by atoms with E-state index in [1.54, 1.807) is 35.9 Å². The van der Waals surface area contributed by atoms with E-state index in [1.165, 1.54) is 6.08 Å². The zero-order chi connectivity index (χ0) is 23.6. The van der Waals surface area contributed by atoms with Crippen molar-refractivity contribution in [2.45, 2.75) is 13.0 Å². The van der Waals surface area contributed by atoms with Gasteiger partial charge in [0.2, 0.25) is 13.7 Å². The molecule has 3 heterocycles. The standard InChI is InChI=1S/C19H17N4O2S.CH4O4P.Li/c1-3-4-16(13(2)20)17-10-15(23-25-17)9-14-5-6-18(22-11-14)24-12-19-21-7-8-26-19;1-5-6(2,3)4;/h1,3-8,10-11H,2,9,12,20H2;1H2,(H2,2,3,4);/q2*-1;+1/p-1/b16-4+;;. The number of phosphoric ester groups is 1. The Morgan fingerprint density at radius 2 is 2.18 bits per heavy atom. The second kappa shape index (κ2) is 13.9. The van der Waals surface area contributed by atoms with Crippen LogP contribution < -0.4 is 34.2 Å². The van der Waals surface area contributed by atoms with Crippen LogP contribution >= 0.6 is 19.2 Å². The maximum atomic E-state index is 9.30. The van der Waals surface area contributed by atoms with E-state index in [4.69, 9.17) is 26.5 Å². The van der Waals surface area contributed by atoms with Gasteiger partial charge in [0.1, 0.15) is 11.6 Å². The van der Waals surface area contributed by atoms with E-state index in [1.807, 2.05) is 17.5 Å². The van der Waals surface area contributed by atoms with Crippen LogP contribution in [0.25, 0.3) is 5.57 Å². The minimum Gasteiger partial charge on any atom is -0.758 e. The number of thiazole rings is 1. The van der Waals surface area contributed by atoms with Gasteiger partial charge in [-0.15, -0.1) is 11.3 Å². The summed E-state index contributed by atoms with van der Waals surface area (Å²) in [6.45, 7) is 9.54. The molecule has 3 N–H and O–H groups in total. The Balaban J connectivity index is 0.000000691. The number of pyridine rings is 1. The fourth-order valence-corrected chi connectivity index (χ4v) is 2.76. The molecule has 170 valence electrons. The minimum atomic E-state index is -4.51. The van der Waals surface area contributed by atoms with Crippen LogP contribution in [0.4, 0.5) is 0 Å². The van der Waals surface area contributed by atoms with Gasteiger partial charge in [-0.2, -0.15) is 6.08 Å². The molecule has 0 saturated carbocycles. The molecule has 10 nitrogen and oxygen atoms in total. The third kappa shape index (κ3) is 10.3. The summed E-state index contributed by atoms with van der Waals surface area (Å²) in [6.07, 6.45) is 7.07. The number of ether oxygens (including phenoxy) is 1. The Labute approximate surface area is 207 Å². The van der Waals surface area contributed by atoms with E-state index in [0.29, 0.717) is 35.9 Å². The molecule has 0 amide bonds. The quantitative estimate of drug-likeness (QED) is 0.181. The molecule has 0 aromatic carbocycles. The summed E-state index contributed by atoms with van der Waals surface area (Å²) in [4.78, 5) is 25.3. The minimum absolute atomic E-state index is 0. The molecule has 33 heavy (non-hydrogen) atoms. The molecule has 0 saturated heterocycles. The average Bonchev–Trinajstić information content (AvgIpc) is 3.43. The summed E-state index contributed by atoms with van der Waals surface area (Å²) in [7, 11) is -2.08. The van der Waals surface area contributed by atoms with Crippen molar-refractivity contribution in [1.29, 1.82) is 0 Å². The zero-order valence-electron chi connectivity index (χ0n) is 17.8. The maximum Gasteiger partial charge on any atom is 1.00 e. The molecule has 0 bridgehead atoms. The van der Waals surface area contributed by atoms with Crippen molar-refractivity contribution >= 4 is 24.7 Å². The van der Waals surface area contributed by atoms with Crippen LogP contribution in [0.1, 0.15) is 22.0 Å². The molecule has 3 aromatic heterocycles. The van der Waals surface area contributed by atoms with Crippen LogP contribution in [0.3, 0.4) is 0 Å². The van der Waals surface area contributed by atoms with Gasteiger partial charge in [-0.1, -0.05) is 17.8 Å². The fraction of sp³-hybridized carbons (Fsp3) is 0.100. The molecule has 1 atom stereocenters. The third-order valence-corrected chi connectivity index (χ3v) is 4.69. The van der Waals surface area contributed by atoms with Gasteiger partial charge in [-0.3, -0.25) is 11.1 Å². The summed E-state index contributed by atoms with van der Waals surface area (Å²) >= 11 is 1.54. The molecule has 0 aliphatic carbocycles. The summed E-state index contributed by atoms with van der Waals surface area (Å²) in [5.41, 5.74) is 8.44. The summed E-state index contributed by atoms with van der Waals surface area (Å²) in [5.74, 6) is 1.07. The second-order valence-corrected chi connectivity index (χ2v) is 8.15. The van der Waals surface area contributed by atoms with Crippen molar-refractivity contribution in [3.8, 4) is 5.88 Å². The van der Waals surface area contributed by atoms with Crippen LogP contribution in [-0.4, -0.2) is 20.0 Å². The van der Waals surface area contributed by atoms with Crippen molar-refractivity contribution in [3.05, 3.63) is 96.1 Å². The van der Waals surface area contributed by atoms with Gasteiger partial charge in [0.15, 0.2) is 5.76 Å². The number of hydrogen-bond acceptors (Lipinski definition) is 10. The van der Waals surface area contributed by atoms with E-state index >= 15 is 0 Å². The summed E-state index contributed by atoms with van der Waals surface area (Å²) < 4.78 is 23.5.